The summed E-state index contributed by atoms with van der Waals surface area (Å²) < 4.78 is 36.5. The lowest BCUT2D eigenvalue weighted by atomic mass is 10.2. The van der Waals surface area contributed by atoms with Crippen molar-refractivity contribution in [1.29, 1.82) is 0 Å². The Bertz CT molecular complexity index is 305. The van der Waals surface area contributed by atoms with E-state index in [1.54, 1.807) is 6.92 Å². The minimum atomic E-state index is -4.30. The Hall–Kier alpha value is -1.23. The van der Waals surface area contributed by atoms with Crippen LogP contribution in [0, 0.1) is 0 Å². The fraction of sp³-hybridized carbons (Fsp3) is 0.400. The van der Waals surface area contributed by atoms with E-state index in [0.29, 0.717) is 12.2 Å². The average molecular weight is 219 g/mol. The molecular formula is C10H12F3NO. The largest absolute Gasteiger partial charge is 0.416 e. The molecule has 0 radical (unpaired) electrons. The van der Waals surface area contributed by atoms with Crippen LogP contribution in [-0.2, 0) is 6.18 Å². The van der Waals surface area contributed by atoms with Crippen molar-refractivity contribution in [2.75, 3.05) is 11.9 Å². The topological polar surface area (TPSA) is 32.3 Å². The highest BCUT2D eigenvalue weighted by Gasteiger charge is 2.29. The van der Waals surface area contributed by atoms with Crippen molar-refractivity contribution in [3.05, 3.63) is 29.8 Å². The molecule has 0 amide bonds. The smallest absolute Gasteiger partial charge is 0.392 e. The number of aliphatic hydroxyl groups excluding tert-OH is 1. The number of benzene rings is 1. The van der Waals surface area contributed by atoms with Crippen molar-refractivity contribution in [3.8, 4) is 0 Å². The average Bonchev–Trinajstić information content (AvgIpc) is 2.14. The normalized spacial score (nSPS) is 13.7. The van der Waals surface area contributed by atoms with Crippen LogP contribution in [0.25, 0.3) is 0 Å². The number of hydrogen-bond acceptors (Lipinski definition) is 2. The molecular weight excluding hydrogens is 207 g/mol. The van der Waals surface area contributed by atoms with E-state index in [2.05, 4.69) is 5.32 Å². The van der Waals surface area contributed by atoms with Gasteiger partial charge in [-0.2, -0.15) is 13.2 Å². The molecule has 0 aliphatic heterocycles. The van der Waals surface area contributed by atoms with Crippen LogP contribution in [0.2, 0.25) is 0 Å². The SMILES string of the molecule is C[C@H](O)CNc1ccc(C(F)(F)F)cc1. The van der Waals surface area contributed by atoms with Crippen LogP contribution >= 0.6 is 0 Å². The first-order valence-electron chi connectivity index (χ1n) is 4.49. The predicted octanol–water partition coefficient (Wildman–Crippen LogP) is 2.50. The van der Waals surface area contributed by atoms with Gasteiger partial charge in [-0.1, -0.05) is 0 Å². The first-order chi connectivity index (χ1) is 6.89. The van der Waals surface area contributed by atoms with Crippen molar-refractivity contribution < 1.29 is 18.3 Å². The maximum absolute atomic E-state index is 12.2. The molecule has 0 bridgehead atoms. The highest BCUT2D eigenvalue weighted by Crippen LogP contribution is 2.29. The van der Waals surface area contributed by atoms with Gasteiger partial charge in [0.25, 0.3) is 0 Å². The molecule has 2 N–H and O–H groups in total. The second kappa shape index (κ2) is 4.53. The molecule has 84 valence electrons. The lowest BCUT2D eigenvalue weighted by Gasteiger charge is -2.10. The molecule has 2 nitrogen and oxygen atoms in total. The fourth-order valence-electron chi connectivity index (χ4n) is 1.04. The van der Waals surface area contributed by atoms with Gasteiger partial charge in [-0.05, 0) is 31.2 Å². The number of hydrogen-bond donors (Lipinski definition) is 2. The van der Waals surface area contributed by atoms with Crippen molar-refractivity contribution in [2.45, 2.75) is 19.2 Å². The van der Waals surface area contributed by atoms with Gasteiger partial charge in [0.05, 0.1) is 11.7 Å². The highest BCUT2D eigenvalue weighted by molar-refractivity contribution is 5.45. The number of alkyl halides is 3. The Labute approximate surface area is 85.7 Å². The van der Waals surface area contributed by atoms with E-state index >= 15 is 0 Å². The van der Waals surface area contributed by atoms with Gasteiger partial charge in [0.1, 0.15) is 0 Å². The van der Waals surface area contributed by atoms with Gasteiger partial charge < -0.3 is 10.4 Å². The Balaban J connectivity index is 2.65. The summed E-state index contributed by atoms with van der Waals surface area (Å²) in [5.41, 5.74) is -0.117. The van der Waals surface area contributed by atoms with E-state index < -0.39 is 17.8 Å². The molecule has 5 heteroatoms. The van der Waals surface area contributed by atoms with Gasteiger partial charge in [-0.25, -0.2) is 0 Å². The van der Waals surface area contributed by atoms with Crippen molar-refractivity contribution in [2.24, 2.45) is 0 Å². The van der Waals surface area contributed by atoms with E-state index in [1.165, 1.54) is 12.1 Å². The summed E-state index contributed by atoms with van der Waals surface area (Å²) in [5.74, 6) is 0. The van der Waals surface area contributed by atoms with E-state index in [0.717, 1.165) is 12.1 Å². The Morgan fingerprint density at radius 2 is 1.80 bits per heavy atom. The molecule has 0 saturated heterocycles. The zero-order chi connectivity index (χ0) is 11.5. The number of aliphatic hydroxyl groups is 1. The Morgan fingerprint density at radius 1 is 1.27 bits per heavy atom. The van der Waals surface area contributed by atoms with Crippen LogP contribution in [0.5, 0.6) is 0 Å². The summed E-state index contributed by atoms with van der Waals surface area (Å²) in [6.07, 6.45) is -4.84. The molecule has 0 fully saturated rings. The Kier molecular flexibility index (Phi) is 3.57. The lowest BCUT2D eigenvalue weighted by Crippen LogP contribution is -2.15. The molecule has 0 heterocycles. The molecule has 0 unspecified atom stereocenters. The number of rotatable bonds is 3. The Morgan fingerprint density at radius 3 is 2.20 bits per heavy atom. The van der Waals surface area contributed by atoms with Crippen molar-refractivity contribution >= 4 is 5.69 Å². The minimum absolute atomic E-state index is 0.311. The van der Waals surface area contributed by atoms with Crippen LogP contribution in [0.4, 0.5) is 18.9 Å². The number of halogens is 3. The zero-order valence-electron chi connectivity index (χ0n) is 8.17. The first-order valence-corrected chi connectivity index (χ1v) is 4.49. The maximum atomic E-state index is 12.2. The van der Waals surface area contributed by atoms with E-state index in [1.807, 2.05) is 0 Å². The van der Waals surface area contributed by atoms with Crippen LogP contribution in [0.1, 0.15) is 12.5 Å². The molecule has 1 aromatic rings. The standard InChI is InChI=1S/C10H12F3NO/c1-7(15)6-14-9-4-2-8(3-5-9)10(11,12)13/h2-5,7,14-15H,6H2,1H3/t7-/m0/s1. The quantitative estimate of drug-likeness (QED) is 0.818. The highest BCUT2D eigenvalue weighted by atomic mass is 19.4. The molecule has 0 aliphatic carbocycles. The number of anilines is 1. The summed E-state index contributed by atoms with van der Waals surface area (Å²) in [6, 6.07) is 4.69. The van der Waals surface area contributed by atoms with E-state index in [4.69, 9.17) is 5.11 Å². The van der Waals surface area contributed by atoms with Crippen LogP contribution < -0.4 is 5.32 Å². The lowest BCUT2D eigenvalue weighted by molar-refractivity contribution is -0.137. The summed E-state index contributed by atoms with van der Waals surface area (Å²) in [6.45, 7) is 1.91. The molecule has 0 spiro atoms. The van der Waals surface area contributed by atoms with E-state index in [9.17, 15) is 13.2 Å². The molecule has 1 rings (SSSR count). The van der Waals surface area contributed by atoms with Gasteiger partial charge in [0, 0.05) is 12.2 Å². The van der Waals surface area contributed by atoms with Gasteiger partial charge in [-0.15, -0.1) is 0 Å². The third-order valence-electron chi connectivity index (χ3n) is 1.81. The molecule has 1 aromatic carbocycles. The van der Waals surface area contributed by atoms with Gasteiger partial charge in [-0.3, -0.25) is 0 Å². The summed E-state index contributed by atoms with van der Waals surface area (Å²) >= 11 is 0. The van der Waals surface area contributed by atoms with Gasteiger partial charge in [0.2, 0.25) is 0 Å². The summed E-state index contributed by atoms with van der Waals surface area (Å²) in [5, 5.41) is 11.8. The molecule has 0 saturated carbocycles. The molecule has 1 atom stereocenters. The van der Waals surface area contributed by atoms with Crippen molar-refractivity contribution in [1.82, 2.24) is 0 Å². The second-order valence-electron chi connectivity index (χ2n) is 3.31. The predicted molar refractivity (Wildman–Crippen MR) is 51.6 cm³/mol. The maximum Gasteiger partial charge on any atom is 0.416 e. The van der Waals surface area contributed by atoms with Crippen LogP contribution in [0.3, 0.4) is 0 Å². The monoisotopic (exact) mass is 219 g/mol. The molecule has 15 heavy (non-hydrogen) atoms. The van der Waals surface area contributed by atoms with Crippen LogP contribution in [0.15, 0.2) is 24.3 Å². The molecule has 0 aromatic heterocycles. The zero-order valence-corrected chi connectivity index (χ0v) is 8.17. The third-order valence-corrected chi connectivity index (χ3v) is 1.81. The first kappa shape index (κ1) is 11.8. The summed E-state index contributed by atoms with van der Waals surface area (Å²) in [4.78, 5) is 0. The van der Waals surface area contributed by atoms with Gasteiger partial charge in [0.15, 0.2) is 0 Å². The second-order valence-corrected chi connectivity index (χ2v) is 3.31. The van der Waals surface area contributed by atoms with Crippen molar-refractivity contribution in [3.63, 3.8) is 0 Å². The van der Waals surface area contributed by atoms with E-state index in [-0.39, 0.29) is 0 Å². The number of nitrogens with one attached hydrogen (secondary N) is 1. The molecule has 0 aliphatic rings. The third kappa shape index (κ3) is 3.79. The fourth-order valence-corrected chi connectivity index (χ4v) is 1.04. The minimum Gasteiger partial charge on any atom is -0.392 e. The van der Waals surface area contributed by atoms with Gasteiger partial charge >= 0.3 is 6.18 Å². The van der Waals surface area contributed by atoms with Crippen LogP contribution in [-0.4, -0.2) is 17.8 Å². The summed E-state index contributed by atoms with van der Waals surface area (Å²) in [7, 11) is 0.